The molecule has 2 aromatic rings. The van der Waals surface area contributed by atoms with Crippen LogP contribution in [0.2, 0.25) is 5.02 Å². The second-order valence-electron chi connectivity index (χ2n) is 3.69. The van der Waals surface area contributed by atoms with Crippen LogP contribution in [0.15, 0.2) is 42.5 Å². The molecule has 88 valence electrons. The standard InChI is InChI=1S/C14H14ClNS/c15-12-6-4-11(5-7-12)14-9-8-13(17-14)3-1-2-10-16/h1,3-9H,2,10,16H2/b3-1+. The molecule has 0 spiro atoms. The molecule has 1 aromatic heterocycles. The van der Waals surface area contributed by atoms with E-state index in [2.05, 4.69) is 24.3 Å². The molecule has 3 heteroatoms. The van der Waals surface area contributed by atoms with E-state index in [1.807, 2.05) is 24.3 Å². The second-order valence-corrected chi connectivity index (χ2v) is 5.24. The van der Waals surface area contributed by atoms with Gasteiger partial charge in [-0.25, -0.2) is 0 Å². The molecule has 17 heavy (non-hydrogen) atoms. The maximum Gasteiger partial charge on any atom is 0.0406 e. The van der Waals surface area contributed by atoms with Crippen molar-refractivity contribution in [1.29, 1.82) is 0 Å². The van der Waals surface area contributed by atoms with E-state index in [0.717, 1.165) is 11.4 Å². The SMILES string of the molecule is NCC/C=C/c1ccc(-c2ccc(Cl)cc2)s1. The molecule has 2 N–H and O–H groups in total. The fraction of sp³-hybridized carbons (Fsp3) is 0.143. The first-order chi connectivity index (χ1) is 8.29. The first kappa shape index (κ1) is 12.4. The summed E-state index contributed by atoms with van der Waals surface area (Å²) in [4.78, 5) is 2.51. The van der Waals surface area contributed by atoms with E-state index in [4.69, 9.17) is 17.3 Å². The zero-order valence-electron chi connectivity index (χ0n) is 9.40. The third-order valence-electron chi connectivity index (χ3n) is 2.37. The monoisotopic (exact) mass is 263 g/mol. The molecule has 0 radical (unpaired) electrons. The molecule has 0 bridgehead atoms. The largest absolute Gasteiger partial charge is 0.330 e. The molecule has 0 amide bonds. The molecule has 0 fully saturated rings. The van der Waals surface area contributed by atoms with Crippen LogP contribution in [0.3, 0.4) is 0 Å². The summed E-state index contributed by atoms with van der Waals surface area (Å²) in [5.41, 5.74) is 6.65. The van der Waals surface area contributed by atoms with E-state index < -0.39 is 0 Å². The van der Waals surface area contributed by atoms with Gasteiger partial charge in [-0.1, -0.05) is 29.8 Å². The maximum absolute atomic E-state index is 5.87. The highest BCUT2D eigenvalue weighted by molar-refractivity contribution is 7.16. The summed E-state index contributed by atoms with van der Waals surface area (Å²) >= 11 is 7.64. The van der Waals surface area contributed by atoms with E-state index >= 15 is 0 Å². The highest BCUT2D eigenvalue weighted by atomic mass is 35.5. The molecule has 1 heterocycles. The van der Waals surface area contributed by atoms with Crippen molar-refractivity contribution < 1.29 is 0 Å². The fourth-order valence-corrected chi connectivity index (χ4v) is 2.58. The Kier molecular flexibility index (Phi) is 4.37. The van der Waals surface area contributed by atoms with Crippen molar-refractivity contribution in [2.24, 2.45) is 5.73 Å². The Morgan fingerprint density at radius 2 is 1.88 bits per heavy atom. The topological polar surface area (TPSA) is 26.0 Å². The summed E-state index contributed by atoms with van der Waals surface area (Å²) in [5.74, 6) is 0. The van der Waals surface area contributed by atoms with Crippen LogP contribution in [0.5, 0.6) is 0 Å². The first-order valence-electron chi connectivity index (χ1n) is 5.52. The van der Waals surface area contributed by atoms with Crippen LogP contribution < -0.4 is 5.73 Å². The van der Waals surface area contributed by atoms with Gasteiger partial charge >= 0.3 is 0 Å². The van der Waals surface area contributed by atoms with Gasteiger partial charge in [0, 0.05) is 14.8 Å². The van der Waals surface area contributed by atoms with Gasteiger partial charge in [-0.3, -0.25) is 0 Å². The summed E-state index contributed by atoms with van der Waals surface area (Å²) in [7, 11) is 0. The predicted octanol–water partition coefficient (Wildman–Crippen LogP) is 4.43. The van der Waals surface area contributed by atoms with Crippen molar-refractivity contribution in [3.05, 3.63) is 52.4 Å². The van der Waals surface area contributed by atoms with E-state index in [9.17, 15) is 0 Å². The summed E-state index contributed by atoms with van der Waals surface area (Å²) < 4.78 is 0. The predicted molar refractivity (Wildman–Crippen MR) is 77.5 cm³/mol. The average Bonchev–Trinajstić information content (AvgIpc) is 2.79. The zero-order valence-corrected chi connectivity index (χ0v) is 11.0. The van der Waals surface area contributed by atoms with Gasteiger partial charge in [0.2, 0.25) is 0 Å². The van der Waals surface area contributed by atoms with Gasteiger partial charge in [0.15, 0.2) is 0 Å². The van der Waals surface area contributed by atoms with Crippen LogP contribution in [0.1, 0.15) is 11.3 Å². The van der Waals surface area contributed by atoms with Crippen molar-refractivity contribution in [3.8, 4) is 10.4 Å². The van der Waals surface area contributed by atoms with Crippen LogP contribution in [0.25, 0.3) is 16.5 Å². The van der Waals surface area contributed by atoms with Crippen molar-refractivity contribution in [2.45, 2.75) is 6.42 Å². The van der Waals surface area contributed by atoms with Crippen molar-refractivity contribution in [1.82, 2.24) is 0 Å². The molecule has 0 saturated carbocycles. The van der Waals surface area contributed by atoms with E-state index in [-0.39, 0.29) is 0 Å². The van der Waals surface area contributed by atoms with Gasteiger partial charge in [0.05, 0.1) is 0 Å². The van der Waals surface area contributed by atoms with Gasteiger partial charge in [-0.05, 0) is 48.9 Å². The lowest BCUT2D eigenvalue weighted by Crippen LogP contribution is -1.94. The Morgan fingerprint density at radius 1 is 1.12 bits per heavy atom. The van der Waals surface area contributed by atoms with Gasteiger partial charge in [0.25, 0.3) is 0 Å². The molecule has 0 atom stereocenters. The smallest absolute Gasteiger partial charge is 0.0406 e. The van der Waals surface area contributed by atoms with Crippen LogP contribution in [0.4, 0.5) is 0 Å². The lowest BCUT2D eigenvalue weighted by Gasteiger charge is -1.96. The van der Waals surface area contributed by atoms with Crippen LogP contribution in [-0.4, -0.2) is 6.54 Å². The number of thiophene rings is 1. The minimum atomic E-state index is 0.700. The van der Waals surface area contributed by atoms with Crippen LogP contribution in [0, 0.1) is 0 Å². The molecular formula is C14H14ClNS. The Morgan fingerprint density at radius 3 is 2.59 bits per heavy atom. The van der Waals surface area contributed by atoms with E-state index in [1.165, 1.54) is 15.3 Å². The van der Waals surface area contributed by atoms with Crippen LogP contribution in [-0.2, 0) is 0 Å². The molecule has 1 aromatic carbocycles. The second kappa shape index (κ2) is 6.01. The molecule has 0 aliphatic carbocycles. The summed E-state index contributed by atoms with van der Waals surface area (Å²) in [5, 5.41) is 0.772. The Hall–Kier alpha value is -1.09. The maximum atomic E-state index is 5.87. The minimum Gasteiger partial charge on any atom is -0.330 e. The molecular weight excluding hydrogens is 250 g/mol. The van der Waals surface area contributed by atoms with E-state index in [1.54, 1.807) is 11.3 Å². The molecule has 1 nitrogen and oxygen atoms in total. The molecule has 0 aliphatic rings. The van der Waals surface area contributed by atoms with Crippen molar-refractivity contribution >= 4 is 29.0 Å². The van der Waals surface area contributed by atoms with Crippen molar-refractivity contribution in [2.75, 3.05) is 6.54 Å². The fourth-order valence-electron chi connectivity index (χ4n) is 1.51. The molecule has 0 unspecified atom stereocenters. The quantitative estimate of drug-likeness (QED) is 0.868. The molecule has 0 saturated heterocycles. The Labute approximate surface area is 111 Å². The normalized spacial score (nSPS) is 11.2. The zero-order chi connectivity index (χ0) is 12.1. The van der Waals surface area contributed by atoms with Crippen molar-refractivity contribution in [3.63, 3.8) is 0 Å². The van der Waals surface area contributed by atoms with E-state index in [0.29, 0.717) is 6.54 Å². The molecule has 2 rings (SSSR count). The lowest BCUT2D eigenvalue weighted by molar-refractivity contribution is 1.01. The summed E-state index contributed by atoms with van der Waals surface area (Å²) in [6.45, 7) is 0.700. The number of hydrogen-bond donors (Lipinski definition) is 1. The average molecular weight is 264 g/mol. The minimum absolute atomic E-state index is 0.700. The first-order valence-corrected chi connectivity index (χ1v) is 6.71. The van der Waals surface area contributed by atoms with Gasteiger partial charge < -0.3 is 5.73 Å². The van der Waals surface area contributed by atoms with Gasteiger partial charge in [-0.15, -0.1) is 11.3 Å². The highest BCUT2D eigenvalue weighted by Crippen LogP contribution is 2.29. The summed E-state index contributed by atoms with van der Waals surface area (Å²) in [6.07, 6.45) is 5.16. The number of benzene rings is 1. The number of nitrogens with two attached hydrogens (primary N) is 1. The third kappa shape index (κ3) is 3.43. The van der Waals surface area contributed by atoms with Gasteiger partial charge in [0.1, 0.15) is 0 Å². The Balaban J connectivity index is 2.15. The highest BCUT2D eigenvalue weighted by Gasteiger charge is 2.00. The lowest BCUT2D eigenvalue weighted by atomic mass is 10.2. The third-order valence-corrected chi connectivity index (χ3v) is 3.72. The van der Waals surface area contributed by atoms with Crippen LogP contribution >= 0.6 is 22.9 Å². The summed E-state index contributed by atoms with van der Waals surface area (Å²) in [6, 6.07) is 12.2. The number of halogens is 1. The molecule has 0 aliphatic heterocycles. The number of hydrogen-bond acceptors (Lipinski definition) is 2. The van der Waals surface area contributed by atoms with Gasteiger partial charge in [-0.2, -0.15) is 0 Å². The Bertz CT molecular complexity index is 499. The number of rotatable bonds is 4.